The summed E-state index contributed by atoms with van der Waals surface area (Å²) in [7, 11) is 0. The second-order valence-corrected chi connectivity index (χ2v) is 5.37. The first-order valence-electron chi connectivity index (χ1n) is 7.39. The number of aromatic nitrogens is 2. The van der Waals surface area contributed by atoms with Crippen LogP contribution in [0.15, 0.2) is 6.07 Å². The molecule has 1 unspecified atom stereocenters. The second kappa shape index (κ2) is 6.49. The SMILES string of the molecule is CCCNc1cc(N2CCC(CC)C2)nc(C(F)(F)F)n1. The van der Waals surface area contributed by atoms with Gasteiger partial charge in [-0.05, 0) is 18.8 Å². The van der Waals surface area contributed by atoms with Crippen molar-refractivity contribution in [1.82, 2.24) is 9.97 Å². The fourth-order valence-corrected chi connectivity index (χ4v) is 2.44. The molecule has 4 nitrogen and oxygen atoms in total. The second-order valence-electron chi connectivity index (χ2n) is 5.37. The van der Waals surface area contributed by atoms with Gasteiger partial charge in [0.05, 0.1) is 0 Å². The van der Waals surface area contributed by atoms with Crippen LogP contribution < -0.4 is 10.2 Å². The number of alkyl halides is 3. The Bertz CT molecular complexity index is 476. The molecule has 118 valence electrons. The molecule has 0 amide bonds. The summed E-state index contributed by atoms with van der Waals surface area (Å²) in [6.45, 7) is 6.15. The summed E-state index contributed by atoms with van der Waals surface area (Å²) in [5.74, 6) is 0.0703. The molecule has 0 bridgehead atoms. The molecule has 2 rings (SSSR count). The maximum atomic E-state index is 12.9. The maximum absolute atomic E-state index is 12.9. The minimum Gasteiger partial charge on any atom is -0.370 e. The van der Waals surface area contributed by atoms with Crippen molar-refractivity contribution < 1.29 is 13.2 Å². The van der Waals surface area contributed by atoms with Crippen molar-refractivity contribution in [3.05, 3.63) is 11.9 Å². The molecule has 2 heterocycles. The van der Waals surface area contributed by atoms with E-state index in [0.717, 1.165) is 32.4 Å². The molecule has 0 aliphatic carbocycles. The average molecular weight is 302 g/mol. The molecule has 21 heavy (non-hydrogen) atoms. The van der Waals surface area contributed by atoms with Crippen LogP contribution in [-0.2, 0) is 6.18 Å². The zero-order valence-electron chi connectivity index (χ0n) is 12.4. The lowest BCUT2D eigenvalue weighted by atomic mass is 10.1. The molecule has 0 aromatic carbocycles. The molecule has 0 radical (unpaired) electrons. The highest BCUT2D eigenvalue weighted by Gasteiger charge is 2.36. The third-order valence-corrected chi connectivity index (χ3v) is 3.71. The summed E-state index contributed by atoms with van der Waals surface area (Å²) in [4.78, 5) is 9.21. The van der Waals surface area contributed by atoms with E-state index < -0.39 is 12.0 Å². The van der Waals surface area contributed by atoms with Gasteiger partial charge in [0.2, 0.25) is 5.82 Å². The van der Waals surface area contributed by atoms with E-state index in [9.17, 15) is 13.2 Å². The van der Waals surface area contributed by atoms with E-state index in [1.807, 2.05) is 11.8 Å². The topological polar surface area (TPSA) is 41.0 Å². The summed E-state index contributed by atoms with van der Waals surface area (Å²) in [5, 5.41) is 2.92. The van der Waals surface area contributed by atoms with Crippen molar-refractivity contribution in [2.24, 2.45) is 5.92 Å². The van der Waals surface area contributed by atoms with E-state index >= 15 is 0 Å². The van der Waals surface area contributed by atoms with Crippen molar-refractivity contribution in [3.63, 3.8) is 0 Å². The van der Waals surface area contributed by atoms with Crippen LogP contribution >= 0.6 is 0 Å². The van der Waals surface area contributed by atoms with Gasteiger partial charge >= 0.3 is 6.18 Å². The highest BCUT2D eigenvalue weighted by molar-refractivity contribution is 5.50. The highest BCUT2D eigenvalue weighted by atomic mass is 19.4. The number of nitrogens with zero attached hydrogens (tertiary/aromatic N) is 3. The van der Waals surface area contributed by atoms with Gasteiger partial charge in [-0.2, -0.15) is 13.2 Å². The Morgan fingerprint density at radius 1 is 1.33 bits per heavy atom. The Hall–Kier alpha value is -1.53. The van der Waals surface area contributed by atoms with Crippen LogP contribution in [0.5, 0.6) is 0 Å². The predicted octanol–water partition coefficient (Wildman–Crippen LogP) is 3.55. The minimum absolute atomic E-state index is 0.245. The summed E-state index contributed by atoms with van der Waals surface area (Å²) in [6, 6.07) is 1.61. The molecule has 1 aromatic rings. The van der Waals surface area contributed by atoms with Crippen molar-refractivity contribution >= 4 is 11.6 Å². The smallest absolute Gasteiger partial charge is 0.370 e. The molecule has 1 N–H and O–H groups in total. The highest BCUT2D eigenvalue weighted by Crippen LogP contribution is 2.31. The van der Waals surface area contributed by atoms with Crippen LogP contribution in [-0.4, -0.2) is 29.6 Å². The Morgan fingerprint density at radius 3 is 2.67 bits per heavy atom. The first-order valence-corrected chi connectivity index (χ1v) is 7.39. The molecule has 1 aliphatic rings. The number of nitrogens with one attached hydrogen (secondary N) is 1. The van der Waals surface area contributed by atoms with Crippen molar-refractivity contribution in [3.8, 4) is 0 Å². The molecule has 0 spiro atoms. The first kappa shape index (κ1) is 15.9. The normalized spacial score (nSPS) is 19.1. The zero-order chi connectivity index (χ0) is 15.5. The fourth-order valence-electron chi connectivity index (χ4n) is 2.44. The van der Waals surface area contributed by atoms with Crippen LogP contribution in [0.1, 0.15) is 38.9 Å². The zero-order valence-corrected chi connectivity index (χ0v) is 12.4. The Kier molecular flexibility index (Phi) is 4.90. The Balaban J connectivity index is 2.27. The van der Waals surface area contributed by atoms with E-state index in [2.05, 4.69) is 22.2 Å². The van der Waals surface area contributed by atoms with Gasteiger partial charge in [-0.15, -0.1) is 0 Å². The molecule has 0 saturated carbocycles. The fraction of sp³-hybridized carbons (Fsp3) is 0.714. The van der Waals surface area contributed by atoms with Gasteiger partial charge < -0.3 is 10.2 Å². The molecular formula is C14H21F3N4. The van der Waals surface area contributed by atoms with Gasteiger partial charge in [-0.3, -0.25) is 0 Å². The van der Waals surface area contributed by atoms with Gasteiger partial charge in [0.1, 0.15) is 11.6 Å². The molecule has 7 heteroatoms. The number of rotatable bonds is 5. The van der Waals surface area contributed by atoms with Crippen molar-refractivity contribution in [1.29, 1.82) is 0 Å². The summed E-state index contributed by atoms with van der Waals surface area (Å²) < 4.78 is 38.8. The van der Waals surface area contributed by atoms with Crippen LogP contribution in [0, 0.1) is 5.92 Å². The van der Waals surface area contributed by atoms with Crippen LogP contribution in [0.25, 0.3) is 0 Å². The Labute approximate surface area is 122 Å². The van der Waals surface area contributed by atoms with E-state index in [1.54, 1.807) is 6.07 Å². The molecule has 1 saturated heterocycles. The monoisotopic (exact) mass is 302 g/mol. The van der Waals surface area contributed by atoms with Crippen molar-refractivity contribution in [2.45, 2.75) is 39.3 Å². The van der Waals surface area contributed by atoms with E-state index in [0.29, 0.717) is 18.3 Å². The third kappa shape index (κ3) is 3.98. The summed E-state index contributed by atoms with van der Waals surface area (Å²) in [6.07, 6.45) is -1.67. The standard InChI is InChI=1S/C14H21F3N4/c1-3-6-18-11-8-12(20-13(19-11)14(15,16)17)21-7-5-10(4-2)9-21/h8,10H,3-7,9H2,1-2H3,(H,18,19,20). The van der Waals surface area contributed by atoms with Crippen molar-refractivity contribution in [2.75, 3.05) is 29.9 Å². The van der Waals surface area contributed by atoms with Gasteiger partial charge in [-0.1, -0.05) is 20.3 Å². The molecule has 1 aromatic heterocycles. The summed E-state index contributed by atoms with van der Waals surface area (Å²) >= 11 is 0. The molecular weight excluding hydrogens is 281 g/mol. The lowest BCUT2D eigenvalue weighted by Crippen LogP contribution is -2.23. The average Bonchev–Trinajstić information content (AvgIpc) is 2.93. The van der Waals surface area contributed by atoms with Gasteiger partial charge in [-0.25, -0.2) is 9.97 Å². The number of halogens is 3. The summed E-state index contributed by atoms with van der Waals surface area (Å²) in [5.41, 5.74) is 0. The van der Waals surface area contributed by atoms with Gasteiger partial charge in [0, 0.05) is 25.7 Å². The maximum Gasteiger partial charge on any atom is 0.451 e. The first-order chi connectivity index (χ1) is 9.94. The van der Waals surface area contributed by atoms with Crippen LogP contribution in [0.2, 0.25) is 0 Å². The number of hydrogen-bond acceptors (Lipinski definition) is 4. The van der Waals surface area contributed by atoms with E-state index in [4.69, 9.17) is 0 Å². The van der Waals surface area contributed by atoms with Crippen LogP contribution in [0.3, 0.4) is 0 Å². The lowest BCUT2D eigenvalue weighted by Gasteiger charge is -2.19. The number of anilines is 2. The largest absolute Gasteiger partial charge is 0.451 e. The lowest BCUT2D eigenvalue weighted by molar-refractivity contribution is -0.144. The van der Waals surface area contributed by atoms with E-state index in [-0.39, 0.29) is 5.82 Å². The van der Waals surface area contributed by atoms with Gasteiger partial charge in [0.15, 0.2) is 0 Å². The Morgan fingerprint density at radius 2 is 2.10 bits per heavy atom. The quantitative estimate of drug-likeness (QED) is 0.903. The third-order valence-electron chi connectivity index (χ3n) is 3.71. The molecule has 1 aliphatic heterocycles. The van der Waals surface area contributed by atoms with Gasteiger partial charge in [0.25, 0.3) is 0 Å². The molecule has 1 atom stereocenters. The minimum atomic E-state index is -4.53. The van der Waals surface area contributed by atoms with Crippen LogP contribution in [0.4, 0.5) is 24.8 Å². The molecule has 1 fully saturated rings. The number of hydrogen-bond donors (Lipinski definition) is 1. The van der Waals surface area contributed by atoms with E-state index in [1.165, 1.54) is 0 Å². The predicted molar refractivity (Wildman–Crippen MR) is 76.4 cm³/mol.